The van der Waals surface area contributed by atoms with Gasteiger partial charge < -0.3 is 9.84 Å². The summed E-state index contributed by atoms with van der Waals surface area (Å²) in [5, 5.41) is 9.81. The maximum Gasteiger partial charge on any atom is 0.302 e. The van der Waals surface area contributed by atoms with Gasteiger partial charge >= 0.3 is 5.97 Å². The number of carbonyl (C=O) groups is 1. The summed E-state index contributed by atoms with van der Waals surface area (Å²) in [6, 6.07) is 9.34. The highest BCUT2D eigenvalue weighted by Crippen LogP contribution is 2.18. The van der Waals surface area contributed by atoms with Crippen LogP contribution >= 0.6 is 0 Å². The molecule has 0 aliphatic carbocycles. The minimum absolute atomic E-state index is 0.266. The molecule has 1 rings (SSSR count). The summed E-state index contributed by atoms with van der Waals surface area (Å²) < 4.78 is 4.94. The summed E-state index contributed by atoms with van der Waals surface area (Å²) in [6.07, 6.45) is -0.429. The predicted octanol–water partition coefficient (Wildman–Crippen LogP) is 2.06. The number of carbonyl (C=O) groups excluding carboxylic acids is 1. The highest BCUT2D eigenvalue weighted by molar-refractivity contribution is 5.66. The van der Waals surface area contributed by atoms with Gasteiger partial charge in [0.05, 0.1) is 6.10 Å². The molecule has 0 saturated heterocycles. The van der Waals surface area contributed by atoms with E-state index in [1.165, 1.54) is 6.92 Å². The Balaban J connectivity index is 2.49. The fourth-order valence-corrected chi connectivity index (χ4v) is 1.46. The molecule has 0 fully saturated rings. The molecule has 0 aliphatic rings. The van der Waals surface area contributed by atoms with E-state index in [-0.39, 0.29) is 12.1 Å². The van der Waals surface area contributed by atoms with Crippen LogP contribution in [-0.2, 0) is 9.53 Å². The summed E-state index contributed by atoms with van der Waals surface area (Å²) in [7, 11) is 0. The van der Waals surface area contributed by atoms with Crippen molar-refractivity contribution in [2.45, 2.75) is 32.5 Å². The number of esters is 1. The molecule has 15 heavy (non-hydrogen) atoms. The van der Waals surface area contributed by atoms with E-state index in [0.717, 1.165) is 5.56 Å². The van der Waals surface area contributed by atoms with E-state index in [0.29, 0.717) is 6.42 Å². The third-order valence-corrected chi connectivity index (χ3v) is 2.11. The van der Waals surface area contributed by atoms with Crippen molar-refractivity contribution in [3.63, 3.8) is 0 Å². The molecule has 0 aliphatic heterocycles. The second kappa shape index (κ2) is 5.51. The van der Waals surface area contributed by atoms with E-state index in [1.54, 1.807) is 6.92 Å². The van der Waals surface area contributed by atoms with Gasteiger partial charge in [0.2, 0.25) is 0 Å². The summed E-state index contributed by atoms with van der Waals surface area (Å²) >= 11 is 0. The topological polar surface area (TPSA) is 46.5 Å². The maximum atomic E-state index is 10.7. The number of hydrogen-bond donors (Lipinski definition) is 1. The first-order valence-corrected chi connectivity index (χ1v) is 5.00. The van der Waals surface area contributed by atoms with Crippen LogP contribution in [0.1, 0.15) is 31.9 Å². The Kier molecular flexibility index (Phi) is 4.31. The molecule has 0 amide bonds. The van der Waals surface area contributed by atoms with Crippen LogP contribution in [0.4, 0.5) is 0 Å². The Morgan fingerprint density at radius 2 is 2.00 bits per heavy atom. The van der Waals surface area contributed by atoms with E-state index < -0.39 is 6.10 Å². The minimum atomic E-state index is -0.583. The maximum absolute atomic E-state index is 10.7. The average molecular weight is 208 g/mol. The molecule has 1 aromatic rings. The lowest BCUT2D eigenvalue weighted by molar-refractivity contribution is -0.146. The molecule has 1 aromatic carbocycles. The highest BCUT2D eigenvalue weighted by Gasteiger charge is 2.13. The molecule has 2 atom stereocenters. The first-order valence-electron chi connectivity index (χ1n) is 5.00. The molecule has 0 unspecified atom stereocenters. The van der Waals surface area contributed by atoms with Gasteiger partial charge in [-0.1, -0.05) is 30.3 Å². The Bertz CT molecular complexity index is 308. The van der Waals surface area contributed by atoms with Gasteiger partial charge in [-0.3, -0.25) is 4.79 Å². The van der Waals surface area contributed by atoms with E-state index in [2.05, 4.69) is 0 Å². The Morgan fingerprint density at radius 3 is 2.53 bits per heavy atom. The van der Waals surface area contributed by atoms with Gasteiger partial charge in [0.25, 0.3) is 0 Å². The zero-order chi connectivity index (χ0) is 11.3. The van der Waals surface area contributed by atoms with Crippen molar-refractivity contribution in [2.75, 3.05) is 0 Å². The standard InChI is InChI=1S/C12H16O3/c1-9(15-10(2)13)8-12(14)11-6-4-3-5-7-11/h3-7,9,12,14H,8H2,1-2H3/t9-,12-/m0/s1. The monoisotopic (exact) mass is 208 g/mol. The number of hydrogen-bond acceptors (Lipinski definition) is 3. The van der Waals surface area contributed by atoms with Gasteiger partial charge in [-0.15, -0.1) is 0 Å². The van der Waals surface area contributed by atoms with Crippen molar-refractivity contribution in [1.82, 2.24) is 0 Å². The molecular formula is C12H16O3. The second-order valence-electron chi connectivity index (χ2n) is 3.58. The van der Waals surface area contributed by atoms with Crippen LogP contribution in [0, 0.1) is 0 Å². The van der Waals surface area contributed by atoms with Gasteiger partial charge in [-0.05, 0) is 12.5 Å². The number of aliphatic hydroxyl groups is 1. The Morgan fingerprint density at radius 1 is 1.40 bits per heavy atom. The van der Waals surface area contributed by atoms with E-state index in [4.69, 9.17) is 4.74 Å². The van der Waals surface area contributed by atoms with Crippen molar-refractivity contribution in [1.29, 1.82) is 0 Å². The largest absolute Gasteiger partial charge is 0.463 e. The molecule has 0 radical (unpaired) electrons. The normalized spacial score (nSPS) is 14.3. The molecule has 3 heteroatoms. The number of ether oxygens (including phenoxy) is 1. The second-order valence-corrected chi connectivity index (χ2v) is 3.58. The number of benzene rings is 1. The minimum Gasteiger partial charge on any atom is -0.463 e. The third-order valence-electron chi connectivity index (χ3n) is 2.11. The Hall–Kier alpha value is -1.35. The SMILES string of the molecule is CC(=O)O[C@@H](C)C[C@H](O)c1ccccc1. The van der Waals surface area contributed by atoms with E-state index >= 15 is 0 Å². The molecular weight excluding hydrogens is 192 g/mol. The fourth-order valence-electron chi connectivity index (χ4n) is 1.46. The van der Waals surface area contributed by atoms with Crippen molar-refractivity contribution in [2.24, 2.45) is 0 Å². The quantitative estimate of drug-likeness (QED) is 0.770. The van der Waals surface area contributed by atoms with Gasteiger partial charge in [-0.2, -0.15) is 0 Å². The van der Waals surface area contributed by atoms with Crippen molar-refractivity contribution in [3.8, 4) is 0 Å². The van der Waals surface area contributed by atoms with Crippen LogP contribution < -0.4 is 0 Å². The molecule has 0 bridgehead atoms. The van der Waals surface area contributed by atoms with Gasteiger partial charge in [0.1, 0.15) is 6.10 Å². The molecule has 0 spiro atoms. The smallest absolute Gasteiger partial charge is 0.302 e. The van der Waals surface area contributed by atoms with Crippen molar-refractivity contribution in [3.05, 3.63) is 35.9 Å². The summed E-state index contributed by atoms with van der Waals surface area (Å²) in [6.45, 7) is 3.14. The molecule has 82 valence electrons. The first-order chi connectivity index (χ1) is 7.09. The molecule has 0 heterocycles. The van der Waals surface area contributed by atoms with E-state index in [9.17, 15) is 9.90 Å². The lowest BCUT2D eigenvalue weighted by Gasteiger charge is -2.16. The van der Waals surface area contributed by atoms with Crippen molar-refractivity contribution < 1.29 is 14.6 Å². The van der Waals surface area contributed by atoms with Crippen LogP contribution in [0.2, 0.25) is 0 Å². The summed E-state index contributed by atoms with van der Waals surface area (Å²) in [5.41, 5.74) is 0.844. The van der Waals surface area contributed by atoms with E-state index in [1.807, 2.05) is 30.3 Å². The lowest BCUT2D eigenvalue weighted by Crippen LogP contribution is -2.15. The van der Waals surface area contributed by atoms with Crippen LogP contribution in [0.15, 0.2) is 30.3 Å². The molecule has 0 saturated carbocycles. The zero-order valence-corrected chi connectivity index (χ0v) is 9.01. The predicted molar refractivity (Wildman–Crippen MR) is 57.2 cm³/mol. The van der Waals surface area contributed by atoms with Crippen LogP contribution in [0.25, 0.3) is 0 Å². The lowest BCUT2D eigenvalue weighted by atomic mass is 10.0. The zero-order valence-electron chi connectivity index (χ0n) is 9.01. The third kappa shape index (κ3) is 4.13. The highest BCUT2D eigenvalue weighted by atomic mass is 16.5. The number of aliphatic hydroxyl groups excluding tert-OH is 1. The average Bonchev–Trinajstić information content (AvgIpc) is 2.17. The van der Waals surface area contributed by atoms with Crippen molar-refractivity contribution >= 4 is 5.97 Å². The molecule has 0 aromatic heterocycles. The van der Waals surface area contributed by atoms with Crippen LogP contribution in [0.3, 0.4) is 0 Å². The number of rotatable bonds is 4. The van der Waals surface area contributed by atoms with Gasteiger partial charge in [-0.25, -0.2) is 0 Å². The Labute approximate surface area is 89.7 Å². The summed E-state index contributed by atoms with van der Waals surface area (Å²) in [5.74, 6) is -0.317. The first kappa shape index (κ1) is 11.7. The molecule has 1 N–H and O–H groups in total. The summed E-state index contributed by atoms with van der Waals surface area (Å²) in [4.78, 5) is 10.7. The van der Waals surface area contributed by atoms with Crippen LogP contribution in [0.5, 0.6) is 0 Å². The van der Waals surface area contributed by atoms with Gasteiger partial charge in [0.15, 0.2) is 0 Å². The van der Waals surface area contributed by atoms with Crippen LogP contribution in [-0.4, -0.2) is 17.2 Å². The molecule has 3 nitrogen and oxygen atoms in total. The van der Waals surface area contributed by atoms with Gasteiger partial charge in [0, 0.05) is 13.3 Å². The fraction of sp³-hybridized carbons (Fsp3) is 0.417.